The van der Waals surface area contributed by atoms with Gasteiger partial charge in [0.25, 0.3) is 0 Å². The van der Waals surface area contributed by atoms with Crippen LogP contribution < -0.4 is 0 Å². The van der Waals surface area contributed by atoms with E-state index in [0.29, 0.717) is 6.04 Å². The molecule has 0 radical (unpaired) electrons. The van der Waals surface area contributed by atoms with Crippen molar-refractivity contribution in [2.24, 2.45) is 0 Å². The smallest absolute Gasteiger partial charge is 0.150 e. The molecule has 2 aromatic rings. The van der Waals surface area contributed by atoms with E-state index in [4.69, 9.17) is 4.52 Å². The monoisotopic (exact) mass is 288 g/mol. The van der Waals surface area contributed by atoms with Crippen LogP contribution >= 0.6 is 0 Å². The van der Waals surface area contributed by atoms with Crippen LogP contribution in [-0.2, 0) is 13.0 Å². The molecule has 3 nitrogen and oxygen atoms in total. The van der Waals surface area contributed by atoms with Crippen LogP contribution in [0.25, 0.3) is 0 Å². The number of aromatic nitrogens is 1. The zero-order chi connectivity index (χ0) is 14.7. The van der Waals surface area contributed by atoms with E-state index >= 15 is 0 Å². The highest BCUT2D eigenvalue weighted by molar-refractivity contribution is 5.21. The van der Waals surface area contributed by atoms with Gasteiger partial charge in [0.1, 0.15) is 5.82 Å². The molecule has 3 rings (SSSR count). The molecule has 2 heterocycles. The summed E-state index contributed by atoms with van der Waals surface area (Å²) in [4.78, 5) is 2.41. The second-order valence-corrected chi connectivity index (χ2v) is 5.67. The summed E-state index contributed by atoms with van der Waals surface area (Å²) in [6.45, 7) is 3.89. The van der Waals surface area contributed by atoms with Gasteiger partial charge in [0.15, 0.2) is 5.76 Å². The Kier molecular flexibility index (Phi) is 4.34. The molecule has 0 spiro atoms. The summed E-state index contributed by atoms with van der Waals surface area (Å²) in [5.41, 5.74) is 2.19. The van der Waals surface area contributed by atoms with Gasteiger partial charge in [-0.1, -0.05) is 30.6 Å². The van der Waals surface area contributed by atoms with E-state index in [1.165, 1.54) is 18.4 Å². The number of hydrogen-bond acceptors (Lipinski definition) is 3. The van der Waals surface area contributed by atoms with Gasteiger partial charge in [-0.3, -0.25) is 4.90 Å². The Balaban J connectivity index is 1.76. The van der Waals surface area contributed by atoms with E-state index in [-0.39, 0.29) is 5.82 Å². The minimum Gasteiger partial charge on any atom is -0.360 e. The first-order valence-electron chi connectivity index (χ1n) is 7.70. The Labute approximate surface area is 124 Å². The first kappa shape index (κ1) is 14.3. The summed E-state index contributed by atoms with van der Waals surface area (Å²) >= 11 is 0. The number of benzene rings is 1. The second kappa shape index (κ2) is 6.39. The number of piperidine rings is 1. The molecule has 0 unspecified atom stereocenters. The van der Waals surface area contributed by atoms with E-state index in [0.717, 1.165) is 37.4 Å². The van der Waals surface area contributed by atoms with E-state index in [9.17, 15) is 4.39 Å². The van der Waals surface area contributed by atoms with E-state index in [1.54, 1.807) is 12.1 Å². The van der Waals surface area contributed by atoms with Crippen LogP contribution in [0.3, 0.4) is 0 Å². The third kappa shape index (κ3) is 3.32. The average molecular weight is 288 g/mol. The van der Waals surface area contributed by atoms with Gasteiger partial charge in [-0.2, -0.15) is 0 Å². The predicted octanol–water partition coefficient (Wildman–Crippen LogP) is 4.10. The van der Waals surface area contributed by atoms with Crippen LogP contribution in [0.5, 0.6) is 0 Å². The van der Waals surface area contributed by atoms with Crippen LogP contribution in [-0.4, -0.2) is 16.6 Å². The van der Waals surface area contributed by atoms with Gasteiger partial charge in [0, 0.05) is 12.1 Å². The molecule has 1 atom stereocenters. The van der Waals surface area contributed by atoms with E-state index < -0.39 is 0 Å². The molecule has 4 heteroatoms. The lowest BCUT2D eigenvalue weighted by molar-refractivity contribution is 0.126. The largest absolute Gasteiger partial charge is 0.360 e. The van der Waals surface area contributed by atoms with Crippen LogP contribution in [0.4, 0.5) is 4.39 Å². The average Bonchev–Trinajstić information content (AvgIpc) is 2.96. The zero-order valence-electron chi connectivity index (χ0n) is 12.4. The van der Waals surface area contributed by atoms with Crippen LogP contribution in [0.2, 0.25) is 0 Å². The molecule has 1 aromatic carbocycles. The maximum atomic E-state index is 13.1. The summed E-state index contributed by atoms with van der Waals surface area (Å²) in [5, 5.41) is 4.06. The van der Waals surface area contributed by atoms with Gasteiger partial charge in [-0.15, -0.1) is 0 Å². The summed E-state index contributed by atoms with van der Waals surface area (Å²) in [5.74, 6) is 0.741. The van der Waals surface area contributed by atoms with Crippen molar-refractivity contribution in [1.82, 2.24) is 10.1 Å². The maximum Gasteiger partial charge on any atom is 0.150 e. The van der Waals surface area contributed by atoms with E-state index in [2.05, 4.69) is 17.0 Å². The van der Waals surface area contributed by atoms with Gasteiger partial charge in [-0.25, -0.2) is 4.39 Å². The molecule has 1 fully saturated rings. The summed E-state index contributed by atoms with van der Waals surface area (Å²) < 4.78 is 18.5. The third-order valence-corrected chi connectivity index (χ3v) is 4.20. The summed E-state index contributed by atoms with van der Waals surface area (Å²) in [7, 11) is 0. The van der Waals surface area contributed by atoms with Crippen molar-refractivity contribution >= 4 is 0 Å². The van der Waals surface area contributed by atoms with Crippen molar-refractivity contribution in [2.75, 3.05) is 6.54 Å². The first-order chi connectivity index (χ1) is 10.3. The molecule has 1 aromatic heterocycles. The van der Waals surface area contributed by atoms with Crippen molar-refractivity contribution in [3.05, 3.63) is 53.2 Å². The Morgan fingerprint density at radius 2 is 2.10 bits per heavy atom. The summed E-state index contributed by atoms with van der Waals surface area (Å²) in [6.07, 6.45) is 4.42. The fourth-order valence-electron chi connectivity index (χ4n) is 3.04. The standard InChI is InChI=1S/C17H21FN2O/c1-2-15-11-16(21-19-15)12-20-10-4-3-5-17(20)13-6-8-14(18)9-7-13/h6-9,11,17H,2-5,10,12H2,1H3/t17-/m1/s1. The second-order valence-electron chi connectivity index (χ2n) is 5.67. The molecule has 21 heavy (non-hydrogen) atoms. The van der Waals surface area contributed by atoms with Crippen LogP contribution in [0, 0.1) is 5.82 Å². The van der Waals surface area contributed by atoms with Crippen molar-refractivity contribution in [3.63, 3.8) is 0 Å². The molecule has 0 bridgehead atoms. The highest BCUT2D eigenvalue weighted by Gasteiger charge is 2.25. The third-order valence-electron chi connectivity index (χ3n) is 4.20. The summed E-state index contributed by atoms with van der Waals surface area (Å²) in [6, 6.07) is 9.27. The maximum absolute atomic E-state index is 13.1. The Bertz CT molecular complexity index is 579. The topological polar surface area (TPSA) is 29.3 Å². The number of nitrogens with zero attached hydrogens (tertiary/aromatic N) is 2. The normalized spacial score (nSPS) is 19.8. The Morgan fingerprint density at radius 3 is 2.81 bits per heavy atom. The van der Waals surface area contributed by atoms with Gasteiger partial charge in [0.05, 0.1) is 12.2 Å². The van der Waals surface area contributed by atoms with Gasteiger partial charge in [-0.05, 0) is 43.5 Å². The lowest BCUT2D eigenvalue weighted by atomic mass is 9.95. The molecule has 1 aliphatic rings. The highest BCUT2D eigenvalue weighted by atomic mass is 19.1. The lowest BCUT2D eigenvalue weighted by Crippen LogP contribution is -2.32. The molecule has 1 aliphatic heterocycles. The molecule has 1 saturated heterocycles. The fraction of sp³-hybridized carbons (Fsp3) is 0.471. The number of hydrogen-bond donors (Lipinski definition) is 0. The Morgan fingerprint density at radius 1 is 1.29 bits per heavy atom. The fourth-order valence-corrected chi connectivity index (χ4v) is 3.04. The number of rotatable bonds is 4. The predicted molar refractivity (Wildman–Crippen MR) is 79.3 cm³/mol. The molecule has 0 aliphatic carbocycles. The molecule has 0 saturated carbocycles. The molecule has 112 valence electrons. The van der Waals surface area contributed by atoms with Crippen molar-refractivity contribution in [3.8, 4) is 0 Å². The number of halogens is 1. The van der Waals surface area contributed by atoms with Crippen LogP contribution in [0.15, 0.2) is 34.9 Å². The van der Waals surface area contributed by atoms with Crippen molar-refractivity contribution in [1.29, 1.82) is 0 Å². The van der Waals surface area contributed by atoms with Crippen molar-refractivity contribution in [2.45, 2.75) is 45.2 Å². The first-order valence-corrected chi connectivity index (χ1v) is 7.70. The van der Waals surface area contributed by atoms with Gasteiger partial charge >= 0.3 is 0 Å². The van der Waals surface area contributed by atoms with Gasteiger partial charge < -0.3 is 4.52 Å². The molecular weight excluding hydrogens is 267 g/mol. The van der Waals surface area contributed by atoms with Crippen LogP contribution in [0.1, 0.15) is 49.2 Å². The molecular formula is C17H21FN2O. The minimum atomic E-state index is -0.177. The molecule has 0 N–H and O–H groups in total. The minimum absolute atomic E-state index is 0.177. The Hall–Kier alpha value is -1.68. The molecule has 0 amide bonds. The SMILES string of the molecule is CCc1cc(CN2CCCC[C@@H]2c2ccc(F)cc2)on1. The highest BCUT2D eigenvalue weighted by Crippen LogP contribution is 2.32. The lowest BCUT2D eigenvalue weighted by Gasteiger charge is -2.35. The van der Waals surface area contributed by atoms with Gasteiger partial charge in [0.2, 0.25) is 0 Å². The number of likely N-dealkylation sites (tertiary alicyclic amines) is 1. The van der Waals surface area contributed by atoms with Crippen molar-refractivity contribution < 1.29 is 8.91 Å². The number of aryl methyl sites for hydroxylation is 1. The zero-order valence-corrected chi connectivity index (χ0v) is 12.4. The van der Waals surface area contributed by atoms with E-state index in [1.807, 2.05) is 18.2 Å². The quantitative estimate of drug-likeness (QED) is 0.848.